The summed E-state index contributed by atoms with van der Waals surface area (Å²) in [7, 11) is 1.29. The van der Waals surface area contributed by atoms with Crippen LogP contribution in [-0.4, -0.2) is 24.9 Å². The number of carbonyl (C=O) groups is 3. The molecule has 1 fully saturated rings. The van der Waals surface area contributed by atoms with E-state index in [2.05, 4.69) is 15.4 Å². The van der Waals surface area contributed by atoms with E-state index in [0.717, 1.165) is 0 Å². The van der Waals surface area contributed by atoms with Crippen LogP contribution in [0.2, 0.25) is 0 Å². The number of ether oxygens (including phenoxy) is 1. The molecule has 0 spiro atoms. The molecule has 0 radical (unpaired) electrons. The number of benzene rings is 2. The van der Waals surface area contributed by atoms with Gasteiger partial charge in [0.15, 0.2) is 0 Å². The maximum Gasteiger partial charge on any atom is 0.337 e. The maximum absolute atomic E-state index is 13.1. The zero-order valence-electron chi connectivity index (χ0n) is 14.0. The van der Waals surface area contributed by atoms with Crippen LogP contribution in [0, 0.1) is 17.7 Å². The molecular formula is C19H17FN2O4. The van der Waals surface area contributed by atoms with Crippen LogP contribution < -0.4 is 10.6 Å². The summed E-state index contributed by atoms with van der Waals surface area (Å²) in [5, 5.41) is 5.32. The summed E-state index contributed by atoms with van der Waals surface area (Å²) in [6.07, 6.45) is 0.438. The number of esters is 1. The number of carbonyl (C=O) groups excluding carboxylic acids is 3. The van der Waals surface area contributed by atoms with Crippen molar-refractivity contribution in [3.63, 3.8) is 0 Å². The Hall–Kier alpha value is -3.22. The number of rotatable bonds is 5. The van der Waals surface area contributed by atoms with Gasteiger partial charge >= 0.3 is 5.97 Å². The van der Waals surface area contributed by atoms with E-state index in [9.17, 15) is 18.8 Å². The lowest BCUT2D eigenvalue weighted by Crippen LogP contribution is -2.20. The van der Waals surface area contributed by atoms with E-state index in [1.807, 2.05) is 0 Å². The molecule has 0 heterocycles. The zero-order valence-corrected chi connectivity index (χ0v) is 14.0. The predicted molar refractivity (Wildman–Crippen MR) is 93.0 cm³/mol. The summed E-state index contributed by atoms with van der Waals surface area (Å²) in [6.45, 7) is 0. The molecule has 2 unspecified atom stereocenters. The maximum atomic E-state index is 13.1. The molecule has 2 atom stereocenters. The molecule has 134 valence electrons. The standard InChI is InChI=1S/C19H17FN2O4/c1-26-19(25)11-5-7-13(8-6-11)21-17(23)15-10-16(15)18(24)22-14-4-2-3-12(20)9-14/h2-9,15-16H,10H2,1H3,(H,21,23)(H,22,24). The van der Waals surface area contributed by atoms with Gasteiger partial charge in [-0.15, -0.1) is 0 Å². The highest BCUT2D eigenvalue weighted by molar-refractivity contribution is 6.03. The molecule has 2 aromatic carbocycles. The van der Waals surface area contributed by atoms with E-state index in [1.54, 1.807) is 30.3 Å². The molecule has 7 heteroatoms. The van der Waals surface area contributed by atoms with Crippen molar-refractivity contribution in [2.45, 2.75) is 6.42 Å². The summed E-state index contributed by atoms with van der Waals surface area (Å²) in [5.41, 5.74) is 1.27. The van der Waals surface area contributed by atoms with Crippen molar-refractivity contribution < 1.29 is 23.5 Å². The van der Waals surface area contributed by atoms with Gasteiger partial charge in [0.2, 0.25) is 11.8 Å². The third-order valence-corrected chi connectivity index (χ3v) is 4.13. The first-order chi connectivity index (χ1) is 12.5. The van der Waals surface area contributed by atoms with Gasteiger partial charge in [-0.25, -0.2) is 9.18 Å². The molecular weight excluding hydrogens is 339 g/mol. The van der Waals surface area contributed by atoms with Gasteiger partial charge in [0.05, 0.1) is 24.5 Å². The second-order valence-electron chi connectivity index (χ2n) is 6.01. The van der Waals surface area contributed by atoms with Crippen molar-refractivity contribution in [3.05, 3.63) is 59.9 Å². The highest BCUT2D eigenvalue weighted by atomic mass is 19.1. The minimum Gasteiger partial charge on any atom is -0.465 e. The summed E-state index contributed by atoms with van der Waals surface area (Å²) in [5.74, 6) is -2.34. The summed E-state index contributed by atoms with van der Waals surface area (Å²) >= 11 is 0. The number of anilines is 2. The largest absolute Gasteiger partial charge is 0.465 e. The van der Waals surface area contributed by atoms with E-state index in [4.69, 9.17) is 0 Å². The van der Waals surface area contributed by atoms with Crippen LogP contribution in [0.3, 0.4) is 0 Å². The predicted octanol–water partition coefficient (Wildman–Crippen LogP) is 2.83. The second kappa shape index (κ2) is 7.35. The average Bonchev–Trinajstić information content (AvgIpc) is 3.43. The second-order valence-corrected chi connectivity index (χ2v) is 6.01. The molecule has 6 nitrogen and oxygen atoms in total. The minimum atomic E-state index is -0.459. The molecule has 0 saturated heterocycles. The Kier molecular flexibility index (Phi) is 4.97. The Labute approximate surface area is 149 Å². The SMILES string of the molecule is COC(=O)c1ccc(NC(=O)C2CC2C(=O)Nc2cccc(F)c2)cc1. The number of halogens is 1. The van der Waals surface area contributed by atoms with Gasteiger partial charge in [-0.3, -0.25) is 9.59 Å². The summed E-state index contributed by atoms with van der Waals surface area (Å²) in [6, 6.07) is 11.9. The molecule has 1 aliphatic rings. The molecule has 2 amide bonds. The van der Waals surface area contributed by atoms with E-state index in [-0.39, 0.29) is 11.8 Å². The third-order valence-electron chi connectivity index (χ3n) is 4.13. The molecule has 2 aromatic rings. The molecule has 1 aliphatic carbocycles. The number of methoxy groups -OCH3 is 1. The van der Waals surface area contributed by atoms with Gasteiger partial charge in [0.1, 0.15) is 5.82 Å². The Morgan fingerprint density at radius 2 is 1.58 bits per heavy atom. The molecule has 3 rings (SSSR count). The molecule has 1 saturated carbocycles. The van der Waals surface area contributed by atoms with Crippen LogP contribution in [0.1, 0.15) is 16.8 Å². The van der Waals surface area contributed by atoms with Gasteiger partial charge in [0, 0.05) is 11.4 Å². The molecule has 26 heavy (non-hydrogen) atoms. The molecule has 0 bridgehead atoms. The van der Waals surface area contributed by atoms with Crippen LogP contribution in [0.25, 0.3) is 0 Å². The highest BCUT2D eigenvalue weighted by Crippen LogP contribution is 2.40. The Bertz CT molecular complexity index is 851. The Morgan fingerprint density at radius 1 is 0.962 bits per heavy atom. The smallest absolute Gasteiger partial charge is 0.337 e. The van der Waals surface area contributed by atoms with Crippen LogP contribution >= 0.6 is 0 Å². The van der Waals surface area contributed by atoms with Crippen LogP contribution in [0.4, 0.5) is 15.8 Å². The number of hydrogen-bond acceptors (Lipinski definition) is 4. The Morgan fingerprint density at radius 3 is 2.15 bits per heavy atom. The minimum absolute atomic E-state index is 0.268. The van der Waals surface area contributed by atoms with Gasteiger partial charge in [-0.1, -0.05) is 6.07 Å². The van der Waals surface area contributed by atoms with Crippen molar-refractivity contribution in [2.75, 3.05) is 17.7 Å². The lowest BCUT2D eigenvalue weighted by Gasteiger charge is -2.07. The fourth-order valence-corrected chi connectivity index (χ4v) is 2.62. The van der Waals surface area contributed by atoms with Crippen molar-refractivity contribution in [1.82, 2.24) is 0 Å². The van der Waals surface area contributed by atoms with Gasteiger partial charge < -0.3 is 15.4 Å². The number of hydrogen-bond donors (Lipinski definition) is 2. The molecule has 0 aromatic heterocycles. The van der Waals surface area contributed by atoms with Crippen molar-refractivity contribution >= 4 is 29.2 Å². The average molecular weight is 356 g/mol. The normalized spacial score (nSPS) is 17.9. The van der Waals surface area contributed by atoms with E-state index in [0.29, 0.717) is 23.4 Å². The van der Waals surface area contributed by atoms with E-state index < -0.39 is 23.6 Å². The first-order valence-electron chi connectivity index (χ1n) is 8.03. The van der Waals surface area contributed by atoms with E-state index in [1.165, 1.54) is 25.3 Å². The first kappa shape index (κ1) is 17.6. The van der Waals surface area contributed by atoms with E-state index >= 15 is 0 Å². The summed E-state index contributed by atoms with van der Waals surface area (Å²) < 4.78 is 17.7. The molecule has 2 N–H and O–H groups in total. The van der Waals surface area contributed by atoms with Crippen LogP contribution in [0.15, 0.2) is 48.5 Å². The lowest BCUT2D eigenvalue weighted by atomic mass is 10.2. The molecule has 0 aliphatic heterocycles. The number of nitrogens with one attached hydrogen (secondary N) is 2. The van der Waals surface area contributed by atoms with Crippen molar-refractivity contribution in [2.24, 2.45) is 11.8 Å². The van der Waals surface area contributed by atoms with Crippen molar-refractivity contribution in [1.29, 1.82) is 0 Å². The topological polar surface area (TPSA) is 84.5 Å². The summed E-state index contributed by atoms with van der Waals surface area (Å²) in [4.78, 5) is 35.7. The van der Waals surface area contributed by atoms with Gasteiger partial charge in [-0.05, 0) is 48.9 Å². The third kappa shape index (κ3) is 4.05. The highest BCUT2D eigenvalue weighted by Gasteiger charge is 2.48. The Balaban J connectivity index is 1.54. The number of amides is 2. The quantitative estimate of drug-likeness (QED) is 0.807. The fraction of sp³-hybridized carbons (Fsp3) is 0.211. The monoisotopic (exact) mass is 356 g/mol. The zero-order chi connectivity index (χ0) is 18.7. The fourth-order valence-electron chi connectivity index (χ4n) is 2.62. The van der Waals surface area contributed by atoms with Gasteiger partial charge in [-0.2, -0.15) is 0 Å². The van der Waals surface area contributed by atoms with Crippen LogP contribution in [0.5, 0.6) is 0 Å². The van der Waals surface area contributed by atoms with Crippen molar-refractivity contribution in [3.8, 4) is 0 Å². The first-order valence-corrected chi connectivity index (χ1v) is 8.03. The lowest BCUT2D eigenvalue weighted by molar-refractivity contribution is -0.122. The van der Waals surface area contributed by atoms with Gasteiger partial charge in [0.25, 0.3) is 0 Å². The van der Waals surface area contributed by atoms with Crippen LogP contribution in [-0.2, 0) is 14.3 Å².